The van der Waals surface area contributed by atoms with Crippen LogP contribution in [0, 0.1) is 17.0 Å². The zero-order valence-corrected chi connectivity index (χ0v) is 17.7. The molecule has 0 aliphatic rings. The lowest BCUT2D eigenvalue weighted by atomic mass is 9.97. The number of nitrogens with one attached hydrogen (secondary N) is 1. The second kappa shape index (κ2) is 8.34. The van der Waals surface area contributed by atoms with E-state index in [4.69, 9.17) is 28.2 Å². The van der Waals surface area contributed by atoms with Crippen molar-refractivity contribution in [3.63, 3.8) is 0 Å². The molecule has 1 N–H and O–H groups in total. The Balaban J connectivity index is 1.83. The summed E-state index contributed by atoms with van der Waals surface area (Å²) in [7, 11) is 0. The molecule has 0 radical (unpaired) electrons. The third kappa shape index (κ3) is 4.08. The van der Waals surface area contributed by atoms with Crippen molar-refractivity contribution in [3.05, 3.63) is 98.0 Å². The number of carbonyl (C=O) groups is 1. The zero-order valence-electron chi connectivity index (χ0n) is 16.2. The maximum absolute atomic E-state index is 13.3. The first-order valence-electron chi connectivity index (χ1n) is 9.25. The molecule has 0 atom stereocenters. The Morgan fingerprint density at radius 2 is 1.74 bits per heavy atom. The average molecular weight is 452 g/mol. The summed E-state index contributed by atoms with van der Waals surface area (Å²) in [5.74, 6) is -0.400. The number of pyridine rings is 1. The van der Waals surface area contributed by atoms with Gasteiger partial charge in [0.1, 0.15) is 5.02 Å². The van der Waals surface area contributed by atoms with Crippen LogP contribution in [0.3, 0.4) is 0 Å². The molecule has 1 heterocycles. The van der Waals surface area contributed by atoms with Gasteiger partial charge in [0.25, 0.3) is 11.6 Å². The van der Waals surface area contributed by atoms with E-state index < -0.39 is 10.8 Å². The summed E-state index contributed by atoms with van der Waals surface area (Å²) < 4.78 is 0. The smallest absolute Gasteiger partial charge is 0.289 e. The van der Waals surface area contributed by atoms with Crippen LogP contribution >= 0.6 is 23.2 Å². The van der Waals surface area contributed by atoms with E-state index in [2.05, 4.69) is 5.32 Å². The fourth-order valence-corrected chi connectivity index (χ4v) is 3.73. The average Bonchev–Trinajstić information content (AvgIpc) is 2.75. The van der Waals surface area contributed by atoms with Crippen LogP contribution in [-0.2, 0) is 0 Å². The number of benzene rings is 3. The van der Waals surface area contributed by atoms with E-state index in [0.717, 1.165) is 5.56 Å². The number of fused-ring (bicyclic) bond motifs is 1. The number of halogens is 2. The monoisotopic (exact) mass is 451 g/mol. The molecule has 154 valence electrons. The molecule has 8 heteroatoms. The highest BCUT2D eigenvalue weighted by Gasteiger charge is 2.20. The fourth-order valence-electron chi connectivity index (χ4n) is 3.41. The first-order valence-corrected chi connectivity index (χ1v) is 10.0. The van der Waals surface area contributed by atoms with Crippen molar-refractivity contribution in [3.8, 4) is 11.3 Å². The Morgan fingerprint density at radius 1 is 1.03 bits per heavy atom. The van der Waals surface area contributed by atoms with Gasteiger partial charge in [0.15, 0.2) is 0 Å². The number of carbonyl (C=O) groups excluding carboxylic acids is 1. The van der Waals surface area contributed by atoms with Crippen LogP contribution in [0.25, 0.3) is 22.2 Å². The largest absolute Gasteiger partial charge is 0.322 e. The Labute approximate surface area is 187 Å². The number of nitro groups is 1. The summed E-state index contributed by atoms with van der Waals surface area (Å²) in [6.45, 7) is 1.82. The van der Waals surface area contributed by atoms with E-state index >= 15 is 0 Å². The molecule has 0 aliphatic carbocycles. The summed E-state index contributed by atoms with van der Waals surface area (Å²) in [6, 6.07) is 18.7. The molecule has 4 aromatic rings. The normalized spacial score (nSPS) is 10.8. The molecule has 1 amide bonds. The van der Waals surface area contributed by atoms with Crippen LogP contribution in [0.1, 0.15) is 15.9 Å². The second-order valence-corrected chi connectivity index (χ2v) is 7.71. The number of amides is 1. The minimum atomic E-state index is -0.594. The highest BCUT2D eigenvalue weighted by Crippen LogP contribution is 2.32. The molecule has 4 rings (SSSR count). The van der Waals surface area contributed by atoms with Gasteiger partial charge in [-0.05, 0) is 42.8 Å². The van der Waals surface area contributed by atoms with Crippen LogP contribution in [0.15, 0.2) is 66.7 Å². The molecular weight excluding hydrogens is 437 g/mol. The lowest BCUT2D eigenvalue weighted by molar-refractivity contribution is -0.384. The van der Waals surface area contributed by atoms with Gasteiger partial charge in [0.05, 0.1) is 21.7 Å². The summed E-state index contributed by atoms with van der Waals surface area (Å²) in [6.07, 6.45) is 0. The van der Waals surface area contributed by atoms with Crippen molar-refractivity contribution in [1.82, 2.24) is 4.98 Å². The maximum atomic E-state index is 13.3. The van der Waals surface area contributed by atoms with E-state index in [-0.39, 0.29) is 16.4 Å². The molecule has 0 spiro atoms. The van der Waals surface area contributed by atoms with E-state index in [0.29, 0.717) is 32.7 Å². The minimum Gasteiger partial charge on any atom is -0.322 e. The van der Waals surface area contributed by atoms with Gasteiger partial charge in [-0.25, -0.2) is 4.98 Å². The summed E-state index contributed by atoms with van der Waals surface area (Å²) in [5, 5.41) is 15.2. The van der Waals surface area contributed by atoms with Crippen LogP contribution in [0.5, 0.6) is 0 Å². The SMILES string of the molecule is Cc1c(-c2ccc(Cl)cc2)nc2ccccc2c1C(=O)Nc1ccc(Cl)c([N+](=O)[O-])c1. The number of nitrogens with zero attached hydrogens (tertiary/aromatic N) is 2. The van der Waals surface area contributed by atoms with Crippen molar-refractivity contribution in [1.29, 1.82) is 0 Å². The van der Waals surface area contributed by atoms with E-state index in [9.17, 15) is 14.9 Å². The lowest BCUT2D eigenvalue weighted by Gasteiger charge is -2.15. The Hall–Kier alpha value is -3.48. The summed E-state index contributed by atoms with van der Waals surface area (Å²) in [4.78, 5) is 28.6. The zero-order chi connectivity index (χ0) is 22.1. The topological polar surface area (TPSA) is 85.1 Å². The Morgan fingerprint density at radius 3 is 2.45 bits per heavy atom. The van der Waals surface area contributed by atoms with Gasteiger partial charge in [-0.3, -0.25) is 14.9 Å². The molecule has 0 unspecified atom stereocenters. The van der Waals surface area contributed by atoms with Crippen LogP contribution in [-0.4, -0.2) is 15.8 Å². The van der Waals surface area contributed by atoms with Crippen molar-refractivity contribution in [2.45, 2.75) is 6.92 Å². The van der Waals surface area contributed by atoms with E-state index in [1.54, 1.807) is 12.1 Å². The quantitative estimate of drug-likeness (QED) is 0.277. The molecule has 0 saturated carbocycles. The van der Waals surface area contributed by atoms with Crippen LogP contribution in [0.4, 0.5) is 11.4 Å². The van der Waals surface area contributed by atoms with E-state index in [1.807, 2.05) is 43.3 Å². The Kier molecular flexibility index (Phi) is 5.59. The highest BCUT2D eigenvalue weighted by atomic mass is 35.5. The summed E-state index contributed by atoms with van der Waals surface area (Å²) in [5.41, 5.74) is 3.25. The van der Waals surface area contributed by atoms with Gasteiger partial charge in [-0.2, -0.15) is 0 Å². The number of aromatic nitrogens is 1. The van der Waals surface area contributed by atoms with Gasteiger partial charge in [-0.15, -0.1) is 0 Å². The predicted molar refractivity (Wildman–Crippen MR) is 123 cm³/mol. The van der Waals surface area contributed by atoms with Gasteiger partial charge in [0, 0.05) is 27.7 Å². The molecule has 31 heavy (non-hydrogen) atoms. The molecule has 0 fully saturated rings. The molecule has 0 aliphatic heterocycles. The molecule has 6 nitrogen and oxygen atoms in total. The molecule has 0 bridgehead atoms. The number of anilines is 1. The lowest BCUT2D eigenvalue weighted by Crippen LogP contribution is -2.15. The first kappa shape index (κ1) is 20.8. The molecular formula is C23H15Cl2N3O3. The number of rotatable bonds is 4. The third-order valence-electron chi connectivity index (χ3n) is 4.88. The number of hydrogen-bond acceptors (Lipinski definition) is 4. The number of nitro benzene ring substituents is 1. The number of hydrogen-bond donors (Lipinski definition) is 1. The number of para-hydroxylation sites is 1. The predicted octanol–water partition coefficient (Wildman–Crippen LogP) is 6.68. The van der Waals surface area contributed by atoms with E-state index in [1.165, 1.54) is 18.2 Å². The highest BCUT2D eigenvalue weighted by molar-refractivity contribution is 6.32. The standard InChI is InChI=1S/C23H15Cl2N3O3/c1-13-21(23(29)26-16-10-11-18(25)20(12-16)28(30)31)17-4-2-3-5-19(17)27-22(13)14-6-8-15(24)9-7-14/h2-12H,1H3,(H,26,29). The van der Waals surface area contributed by atoms with Crippen molar-refractivity contribution >= 4 is 51.4 Å². The summed E-state index contributed by atoms with van der Waals surface area (Å²) >= 11 is 11.9. The first-order chi connectivity index (χ1) is 14.8. The third-order valence-corrected chi connectivity index (χ3v) is 5.45. The Bertz CT molecular complexity index is 1340. The maximum Gasteiger partial charge on any atom is 0.289 e. The molecule has 1 aromatic heterocycles. The second-order valence-electron chi connectivity index (χ2n) is 6.86. The van der Waals surface area contributed by atoms with Crippen molar-refractivity contribution < 1.29 is 9.72 Å². The van der Waals surface area contributed by atoms with Gasteiger partial charge in [0.2, 0.25) is 0 Å². The van der Waals surface area contributed by atoms with Crippen molar-refractivity contribution in [2.24, 2.45) is 0 Å². The van der Waals surface area contributed by atoms with Gasteiger partial charge < -0.3 is 5.32 Å². The van der Waals surface area contributed by atoms with Crippen LogP contribution in [0.2, 0.25) is 10.0 Å². The minimum absolute atomic E-state index is 0.00133. The van der Waals surface area contributed by atoms with Crippen molar-refractivity contribution in [2.75, 3.05) is 5.32 Å². The molecule has 0 saturated heterocycles. The van der Waals surface area contributed by atoms with Gasteiger partial charge >= 0.3 is 0 Å². The van der Waals surface area contributed by atoms with Gasteiger partial charge in [-0.1, -0.05) is 53.5 Å². The molecule has 3 aromatic carbocycles. The van der Waals surface area contributed by atoms with Crippen LogP contribution < -0.4 is 5.32 Å². The fraction of sp³-hybridized carbons (Fsp3) is 0.0435.